The maximum absolute atomic E-state index is 13.9. The molecule has 3 N–H and O–H groups in total. The zero-order valence-corrected chi connectivity index (χ0v) is 24.8. The van der Waals surface area contributed by atoms with Crippen molar-refractivity contribution >= 4 is 33.7 Å². The Bertz CT molecular complexity index is 1190. The Balaban J connectivity index is 1.66. The number of carbonyl (C=O) groups excluding carboxylic acids is 2. The summed E-state index contributed by atoms with van der Waals surface area (Å²) in [6, 6.07) is 14.8. The van der Waals surface area contributed by atoms with E-state index in [9.17, 15) is 9.59 Å². The van der Waals surface area contributed by atoms with Crippen LogP contribution in [0.4, 0.5) is 0 Å². The maximum atomic E-state index is 13.9. The van der Waals surface area contributed by atoms with E-state index in [4.69, 9.17) is 24.3 Å². The molecule has 2 aliphatic rings. The number of aliphatic hydroxyl groups is 1. The number of benzene rings is 2. The summed E-state index contributed by atoms with van der Waals surface area (Å²) < 4.78 is 18.5. The van der Waals surface area contributed by atoms with Crippen LogP contribution in [0, 0.1) is 5.92 Å². The molecule has 0 unspecified atom stereocenters. The van der Waals surface area contributed by atoms with Crippen LogP contribution in [0.1, 0.15) is 70.1 Å². The lowest BCUT2D eigenvalue weighted by molar-refractivity contribution is -0.155. The average molecular weight is 617 g/mol. The summed E-state index contributed by atoms with van der Waals surface area (Å²) in [5.41, 5.74) is 5.27. The number of nitrogens with one attached hydrogen (secondary N) is 2. The summed E-state index contributed by atoms with van der Waals surface area (Å²) in [7, 11) is 0. The van der Waals surface area contributed by atoms with Gasteiger partial charge in [-0.25, -0.2) is 10.4 Å². The molecule has 40 heavy (non-hydrogen) atoms. The standard InChI is InChI=1S/C30H38BrN3O6/c1-29(2,3)40-25(36)15-16-30(28(37)34-32-19-20-5-6-20)26(21-7-11-23(31)12-8-21)39-27(33-30)22-9-13-24(14-10-22)38-18-4-17-35/h7-14,20,26,32,35H,4-6,15-19H2,1-3H3,(H,34,37)/t26-,30-/m0/s1. The molecule has 0 aromatic heterocycles. The monoisotopic (exact) mass is 615 g/mol. The Kier molecular flexibility index (Phi) is 9.86. The van der Waals surface area contributed by atoms with E-state index >= 15 is 0 Å². The molecule has 0 radical (unpaired) electrons. The van der Waals surface area contributed by atoms with E-state index in [0.717, 1.165) is 22.9 Å². The fourth-order valence-corrected chi connectivity index (χ4v) is 4.66. The second kappa shape index (κ2) is 13.1. The number of carbonyl (C=O) groups is 2. The van der Waals surface area contributed by atoms with Crippen molar-refractivity contribution in [2.24, 2.45) is 10.9 Å². The molecule has 1 aliphatic heterocycles. The van der Waals surface area contributed by atoms with Gasteiger partial charge in [0.2, 0.25) is 5.90 Å². The van der Waals surface area contributed by atoms with Gasteiger partial charge in [0.05, 0.1) is 6.61 Å². The Morgan fingerprint density at radius 1 is 1.12 bits per heavy atom. The number of aliphatic imine (C=N–C) groups is 1. The Hall–Kier alpha value is -2.95. The zero-order valence-electron chi connectivity index (χ0n) is 23.2. The quantitative estimate of drug-likeness (QED) is 0.171. The average Bonchev–Trinajstić information content (AvgIpc) is 3.65. The number of amides is 1. The Morgan fingerprint density at radius 2 is 1.82 bits per heavy atom. The molecule has 2 aromatic rings. The zero-order chi connectivity index (χ0) is 28.8. The topological polar surface area (TPSA) is 118 Å². The van der Waals surface area contributed by atoms with Crippen LogP contribution in [-0.2, 0) is 19.1 Å². The summed E-state index contributed by atoms with van der Waals surface area (Å²) in [5, 5.41) is 9.00. The van der Waals surface area contributed by atoms with Crippen LogP contribution >= 0.6 is 15.9 Å². The predicted octanol–water partition coefficient (Wildman–Crippen LogP) is 4.62. The fraction of sp³-hybridized carbons (Fsp3) is 0.500. The van der Waals surface area contributed by atoms with E-state index < -0.39 is 23.2 Å². The van der Waals surface area contributed by atoms with Crippen LogP contribution in [-0.4, -0.2) is 53.8 Å². The lowest BCUT2D eigenvalue weighted by Crippen LogP contribution is -2.53. The third-order valence-corrected chi connectivity index (χ3v) is 7.15. The normalized spacial score (nSPS) is 20.4. The predicted molar refractivity (Wildman–Crippen MR) is 155 cm³/mol. The molecule has 1 fully saturated rings. The van der Waals surface area contributed by atoms with Crippen molar-refractivity contribution < 1.29 is 28.9 Å². The number of hydrazine groups is 1. The minimum Gasteiger partial charge on any atom is -0.494 e. The van der Waals surface area contributed by atoms with Gasteiger partial charge in [-0.15, -0.1) is 0 Å². The first-order valence-corrected chi connectivity index (χ1v) is 14.5. The summed E-state index contributed by atoms with van der Waals surface area (Å²) in [4.78, 5) is 31.6. The molecule has 4 rings (SSSR count). The molecular formula is C30H38BrN3O6. The van der Waals surface area contributed by atoms with Crippen LogP contribution in [0.25, 0.3) is 0 Å². The summed E-state index contributed by atoms with van der Waals surface area (Å²) in [5.74, 6) is 0.726. The molecule has 0 spiro atoms. The molecule has 1 aliphatic carbocycles. The van der Waals surface area contributed by atoms with Gasteiger partial charge in [0.15, 0.2) is 11.6 Å². The highest BCUT2D eigenvalue weighted by atomic mass is 79.9. The molecule has 216 valence electrons. The van der Waals surface area contributed by atoms with Crippen molar-refractivity contribution in [1.82, 2.24) is 10.9 Å². The van der Waals surface area contributed by atoms with E-state index in [1.54, 1.807) is 12.1 Å². The fourth-order valence-electron chi connectivity index (χ4n) is 4.40. The van der Waals surface area contributed by atoms with Gasteiger partial charge in [-0.2, -0.15) is 0 Å². The van der Waals surface area contributed by atoms with Crippen molar-refractivity contribution in [2.75, 3.05) is 19.8 Å². The minimum absolute atomic E-state index is 0.0158. The largest absolute Gasteiger partial charge is 0.494 e. The lowest BCUT2D eigenvalue weighted by Gasteiger charge is -2.31. The van der Waals surface area contributed by atoms with E-state index in [2.05, 4.69) is 26.8 Å². The number of hydrogen-bond acceptors (Lipinski definition) is 8. The van der Waals surface area contributed by atoms with Gasteiger partial charge in [0, 0.05) is 36.0 Å². The summed E-state index contributed by atoms with van der Waals surface area (Å²) in [6.07, 6.45) is 2.11. The minimum atomic E-state index is -1.42. The number of hydrogen-bond donors (Lipinski definition) is 3. The lowest BCUT2D eigenvalue weighted by atomic mass is 9.83. The van der Waals surface area contributed by atoms with Crippen molar-refractivity contribution in [3.8, 4) is 5.75 Å². The molecular weight excluding hydrogens is 578 g/mol. The first-order valence-electron chi connectivity index (χ1n) is 13.7. The maximum Gasteiger partial charge on any atom is 0.306 e. The van der Waals surface area contributed by atoms with Crippen molar-refractivity contribution in [3.05, 3.63) is 64.1 Å². The van der Waals surface area contributed by atoms with E-state index in [1.807, 2.05) is 57.2 Å². The summed E-state index contributed by atoms with van der Waals surface area (Å²) >= 11 is 3.47. The highest BCUT2D eigenvalue weighted by Gasteiger charge is 2.53. The van der Waals surface area contributed by atoms with E-state index in [-0.39, 0.29) is 25.4 Å². The third kappa shape index (κ3) is 8.05. The van der Waals surface area contributed by atoms with Crippen LogP contribution in [0.2, 0.25) is 0 Å². The number of rotatable bonds is 13. The van der Waals surface area contributed by atoms with Crippen LogP contribution in [0.3, 0.4) is 0 Å². The number of aliphatic hydroxyl groups excluding tert-OH is 1. The molecule has 1 heterocycles. The van der Waals surface area contributed by atoms with Crippen molar-refractivity contribution in [1.29, 1.82) is 0 Å². The molecule has 9 nitrogen and oxygen atoms in total. The third-order valence-electron chi connectivity index (χ3n) is 6.62. The molecule has 1 amide bonds. The second-order valence-electron chi connectivity index (χ2n) is 11.2. The SMILES string of the molecule is CC(C)(C)OC(=O)CC[C@]1(C(=O)NNCC2CC2)N=C(c2ccc(OCCCO)cc2)O[C@H]1c1ccc(Br)cc1. The molecule has 0 saturated heterocycles. The van der Waals surface area contributed by atoms with Gasteiger partial charge in [-0.1, -0.05) is 28.1 Å². The van der Waals surface area contributed by atoms with Crippen LogP contribution in [0.15, 0.2) is 58.0 Å². The van der Waals surface area contributed by atoms with Crippen LogP contribution in [0.5, 0.6) is 5.75 Å². The van der Waals surface area contributed by atoms with Gasteiger partial charge >= 0.3 is 5.97 Å². The molecule has 0 bridgehead atoms. The highest BCUT2D eigenvalue weighted by molar-refractivity contribution is 9.10. The Morgan fingerprint density at radius 3 is 2.45 bits per heavy atom. The summed E-state index contributed by atoms with van der Waals surface area (Å²) in [6.45, 7) is 6.57. The van der Waals surface area contributed by atoms with Gasteiger partial charge < -0.3 is 19.3 Å². The van der Waals surface area contributed by atoms with E-state index in [0.29, 0.717) is 42.7 Å². The number of ether oxygens (including phenoxy) is 3. The van der Waals surface area contributed by atoms with Gasteiger partial charge in [0.25, 0.3) is 5.91 Å². The second-order valence-corrected chi connectivity index (χ2v) is 12.1. The van der Waals surface area contributed by atoms with Gasteiger partial charge in [0.1, 0.15) is 11.4 Å². The van der Waals surface area contributed by atoms with E-state index in [1.165, 1.54) is 0 Å². The van der Waals surface area contributed by atoms with Gasteiger partial charge in [-0.05, 0) is 87.9 Å². The molecule has 1 saturated carbocycles. The van der Waals surface area contributed by atoms with Crippen molar-refractivity contribution in [3.63, 3.8) is 0 Å². The number of halogens is 1. The van der Waals surface area contributed by atoms with Crippen LogP contribution < -0.4 is 15.6 Å². The van der Waals surface area contributed by atoms with Gasteiger partial charge in [-0.3, -0.25) is 15.0 Å². The molecule has 10 heteroatoms. The number of nitrogens with zero attached hydrogens (tertiary/aromatic N) is 1. The number of esters is 1. The molecule has 2 atom stereocenters. The highest BCUT2D eigenvalue weighted by Crippen LogP contribution is 2.43. The first kappa shape index (κ1) is 30.0. The molecule has 2 aromatic carbocycles. The first-order chi connectivity index (χ1) is 19.1. The smallest absolute Gasteiger partial charge is 0.306 e. The Labute approximate surface area is 243 Å². The van der Waals surface area contributed by atoms with Crippen molar-refractivity contribution in [2.45, 2.75) is 70.1 Å².